The Kier molecular flexibility index (Phi) is 19.0. The topological polar surface area (TPSA) is 29.1 Å². The minimum absolute atomic E-state index is 0.345. The van der Waals surface area contributed by atoms with Gasteiger partial charge in [0.15, 0.2) is 5.81 Å². The van der Waals surface area contributed by atoms with Gasteiger partial charge in [-0.15, -0.1) is 0 Å². The Balaban J connectivity index is 1.40. The van der Waals surface area contributed by atoms with E-state index in [4.69, 9.17) is 0 Å². The van der Waals surface area contributed by atoms with Crippen LogP contribution in [0.5, 0.6) is 0 Å². The van der Waals surface area contributed by atoms with Crippen molar-refractivity contribution in [2.75, 3.05) is 0 Å². The summed E-state index contributed by atoms with van der Waals surface area (Å²) in [6.07, 6.45) is 39.4. The van der Waals surface area contributed by atoms with E-state index in [0.717, 1.165) is 37.2 Å². The van der Waals surface area contributed by atoms with Crippen LogP contribution in [0.15, 0.2) is 0 Å². The smallest absolute Gasteiger partial charge is 0.237 e. The van der Waals surface area contributed by atoms with Crippen molar-refractivity contribution in [3.8, 4) is 0 Å². The van der Waals surface area contributed by atoms with Crippen LogP contribution in [0.2, 0.25) is 17.5 Å². The average Bonchev–Trinajstić information content (AvgIpc) is 3.18. The van der Waals surface area contributed by atoms with Gasteiger partial charge in [-0.3, -0.25) is 4.79 Å². The van der Waals surface area contributed by atoms with E-state index in [-0.39, 0.29) is 0 Å². The summed E-state index contributed by atoms with van der Waals surface area (Å²) in [7, 11) is 2.32. The Morgan fingerprint density at radius 3 is 1.54 bits per heavy atom. The lowest BCUT2D eigenvalue weighted by atomic mass is 9.50. The minimum Gasteiger partial charge on any atom is -0.362 e. The molecule has 0 aliphatic heterocycles. The van der Waals surface area contributed by atoms with Crippen molar-refractivity contribution in [1.82, 2.24) is 5.32 Å². The van der Waals surface area contributed by atoms with Crippen LogP contribution in [0.4, 0.5) is 4.79 Å². The predicted octanol–water partition coefficient (Wildman–Crippen LogP) is 11.5. The SMILES string of the molecule is CCC(CCC(CC)C1CCCCC(BC2CCCCCCCCC2)CCC1)NC(=O)BC1CCCCCCCC1. The van der Waals surface area contributed by atoms with Gasteiger partial charge in [-0.05, 0) is 31.1 Å². The quantitative estimate of drug-likeness (QED) is 0.247. The van der Waals surface area contributed by atoms with Crippen LogP contribution < -0.4 is 5.32 Å². The van der Waals surface area contributed by atoms with E-state index >= 15 is 0 Å². The van der Waals surface area contributed by atoms with Crippen molar-refractivity contribution >= 4 is 20.4 Å². The van der Waals surface area contributed by atoms with Gasteiger partial charge in [-0.2, -0.15) is 0 Å². The van der Waals surface area contributed by atoms with E-state index in [2.05, 4.69) is 19.2 Å². The molecule has 2 nitrogen and oxygen atoms in total. The Morgan fingerprint density at radius 2 is 1.00 bits per heavy atom. The number of hydrogen-bond acceptors (Lipinski definition) is 1. The van der Waals surface area contributed by atoms with Crippen molar-refractivity contribution in [1.29, 1.82) is 0 Å². The molecule has 3 aliphatic rings. The zero-order valence-electron chi connectivity index (χ0n) is 28.1. The number of hydrogen-bond donors (Lipinski definition) is 1. The molecule has 3 saturated carbocycles. The molecule has 0 aromatic rings. The van der Waals surface area contributed by atoms with Crippen LogP contribution in [-0.2, 0) is 0 Å². The van der Waals surface area contributed by atoms with Crippen molar-refractivity contribution in [3.05, 3.63) is 0 Å². The molecular formula is C37H71B2NO. The van der Waals surface area contributed by atoms with E-state index < -0.39 is 0 Å². The second-order valence-corrected chi connectivity index (χ2v) is 15.2. The summed E-state index contributed by atoms with van der Waals surface area (Å²) in [5, 5.41) is 3.50. The lowest BCUT2D eigenvalue weighted by Crippen LogP contribution is -2.38. The van der Waals surface area contributed by atoms with E-state index in [1.165, 1.54) is 173 Å². The van der Waals surface area contributed by atoms with Gasteiger partial charge in [-0.25, -0.2) is 0 Å². The summed E-state index contributed by atoms with van der Waals surface area (Å²) in [6, 6.07) is 0.380. The highest BCUT2D eigenvalue weighted by molar-refractivity contribution is 6.74. The summed E-state index contributed by atoms with van der Waals surface area (Å²) in [4.78, 5) is 13.0. The van der Waals surface area contributed by atoms with Gasteiger partial charge in [0.25, 0.3) is 0 Å². The monoisotopic (exact) mass is 568 g/mol. The van der Waals surface area contributed by atoms with Gasteiger partial charge in [0.2, 0.25) is 7.28 Å². The number of amides is 1. The Morgan fingerprint density at radius 1 is 0.561 bits per heavy atom. The third kappa shape index (κ3) is 15.2. The summed E-state index contributed by atoms with van der Waals surface area (Å²) in [6.45, 7) is 4.72. The predicted molar refractivity (Wildman–Crippen MR) is 185 cm³/mol. The highest BCUT2D eigenvalue weighted by atomic mass is 16.1. The van der Waals surface area contributed by atoms with Crippen LogP contribution in [0.25, 0.3) is 0 Å². The van der Waals surface area contributed by atoms with Gasteiger partial charge in [0, 0.05) is 6.04 Å². The maximum absolute atomic E-state index is 13.0. The number of carbonyl (C=O) groups is 1. The molecule has 3 rings (SSSR count). The van der Waals surface area contributed by atoms with Gasteiger partial charge in [0.1, 0.15) is 7.28 Å². The van der Waals surface area contributed by atoms with Crippen molar-refractivity contribution in [3.63, 3.8) is 0 Å². The first-order chi connectivity index (χ1) is 20.2. The maximum atomic E-state index is 13.0. The fourth-order valence-corrected chi connectivity index (χ4v) is 9.14. The van der Waals surface area contributed by atoms with Crippen LogP contribution in [-0.4, -0.2) is 26.4 Å². The molecule has 3 fully saturated rings. The fourth-order valence-electron chi connectivity index (χ4n) is 9.14. The number of nitrogens with one attached hydrogen (secondary N) is 1. The standard InChI is InChI=1S/C37H71B2NO/c1-3-31(29-30-36(4-2)40-37(41)39-35-25-16-12-8-9-13-17-26-35)32-21-18-19-27-34(28-20-22-32)38-33-23-14-10-6-5-7-11-15-24-33/h31-36,38-39H,3-30H2,1-2H3,(H,40,41). The molecule has 4 atom stereocenters. The summed E-state index contributed by atoms with van der Waals surface area (Å²) in [5.74, 6) is 4.76. The van der Waals surface area contributed by atoms with Crippen molar-refractivity contribution in [2.24, 2.45) is 11.8 Å². The molecule has 1 N–H and O–H groups in total. The average molecular weight is 568 g/mol. The van der Waals surface area contributed by atoms with E-state index in [9.17, 15) is 4.79 Å². The molecular weight excluding hydrogens is 496 g/mol. The van der Waals surface area contributed by atoms with E-state index in [1.54, 1.807) is 7.28 Å². The second-order valence-electron chi connectivity index (χ2n) is 15.2. The van der Waals surface area contributed by atoms with Crippen LogP contribution in [0.1, 0.15) is 194 Å². The zero-order chi connectivity index (χ0) is 29.0. The highest BCUT2D eigenvalue weighted by Gasteiger charge is 2.26. The Hall–Kier alpha value is -0.400. The molecule has 0 aromatic heterocycles. The molecule has 0 radical (unpaired) electrons. The van der Waals surface area contributed by atoms with Crippen molar-refractivity contribution in [2.45, 2.75) is 217 Å². The first-order valence-corrected chi connectivity index (χ1v) is 19.5. The molecule has 3 aliphatic carbocycles. The first-order valence-electron chi connectivity index (χ1n) is 19.5. The van der Waals surface area contributed by atoms with E-state index in [0.29, 0.717) is 17.7 Å². The maximum Gasteiger partial charge on any atom is 0.237 e. The van der Waals surface area contributed by atoms with Crippen LogP contribution in [0, 0.1) is 11.8 Å². The molecule has 41 heavy (non-hydrogen) atoms. The molecule has 4 heteroatoms. The van der Waals surface area contributed by atoms with Crippen LogP contribution >= 0.6 is 0 Å². The Bertz CT molecular complexity index is 637. The molecule has 0 spiro atoms. The van der Waals surface area contributed by atoms with Crippen LogP contribution in [0.3, 0.4) is 0 Å². The lowest BCUT2D eigenvalue weighted by molar-refractivity contribution is 0.239. The summed E-state index contributed by atoms with van der Waals surface area (Å²) >= 11 is 0. The third-order valence-electron chi connectivity index (χ3n) is 11.9. The molecule has 236 valence electrons. The van der Waals surface area contributed by atoms with Crippen molar-refractivity contribution < 1.29 is 4.79 Å². The largest absolute Gasteiger partial charge is 0.362 e. The molecule has 0 bridgehead atoms. The Labute approximate surface area is 259 Å². The third-order valence-corrected chi connectivity index (χ3v) is 11.9. The van der Waals surface area contributed by atoms with Gasteiger partial charge < -0.3 is 5.32 Å². The lowest BCUT2D eigenvalue weighted by Gasteiger charge is -2.28. The molecule has 0 aromatic carbocycles. The summed E-state index contributed by atoms with van der Waals surface area (Å²) in [5.41, 5.74) is 0. The normalized spacial score (nSPS) is 27.0. The van der Waals surface area contributed by atoms with Gasteiger partial charge in [0.05, 0.1) is 0 Å². The van der Waals surface area contributed by atoms with Gasteiger partial charge in [-0.1, -0.05) is 192 Å². The number of rotatable bonds is 11. The minimum atomic E-state index is 0.345. The highest BCUT2D eigenvalue weighted by Crippen LogP contribution is 2.38. The van der Waals surface area contributed by atoms with Gasteiger partial charge >= 0.3 is 0 Å². The molecule has 4 unspecified atom stereocenters. The summed E-state index contributed by atoms with van der Waals surface area (Å²) < 4.78 is 0. The zero-order valence-corrected chi connectivity index (χ0v) is 28.1. The second kappa shape index (κ2) is 22.2. The molecule has 0 heterocycles. The number of carbonyl (C=O) groups excluding carboxylic acids is 1. The first kappa shape index (κ1) is 35.1. The fraction of sp³-hybridized carbons (Fsp3) is 0.973. The molecule has 1 amide bonds. The van der Waals surface area contributed by atoms with E-state index in [1.807, 2.05) is 0 Å². The molecule has 0 saturated heterocycles.